The number of Topliss-reactive ketones (excluding diaryl/α,β-unsaturated/α-hetero) is 1. The summed E-state index contributed by atoms with van der Waals surface area (Å²) in [4.78, 5) is 14.6. The Hall–Kier alpha value is -0.860. The summed E-state index contributed by atoms with van der Waals surface area (Å²) in [5, 5.41) is 0.661. The SMILES string of the molecule is CCCN(C(C)C)C(C)C(=O)c1ccc(Cl)cc1. The summed E-state index contributed by atoms with van der Waals surface area (Å²) < 4.78 is 0. The van der Waals surface area contributed by atoms with Crippen molar-refractivity contribution in [3.8, 4) is 0 Å². The summed E-state index contributed by atoms with van der Waals surface area (Å²) in [5.74, 6) is 0.161. The number of carbonyl (C=O) groups is 1. The number of carbonyl (C=O) groups excluding carboxylic acids is 1. The Bertz CT molecular complexity index is 386. The molecule has 0 aromatic heterocycles. The Morgan fingerprint density at radius 2 is 1.78 bits per heavy atom. The molecule has 0 fully saturated rings. The zero-order chi connectivity index (χ0) is 13.7. The van der Waals surface area contributed by atoms with Gasteiger partial charge in [-0.3, -0.25) is 9.69 Å². The molecule has 0 aliphatic rings. The molecule has 0 saturated heterocycles. The Labute approximate surface area is 115 Å². The van der Waals surface area contributed by atoms with E-state index in [2.05, 4.69) is 25.7 Å². The third-order valence-electron chi connectivity index (χ3n) is 3.15. The lowest BCUT2D eigenvalue weighted by Crippen LogP contribution is -2.43. The molecule has 1 atom stereocenters. The summed E-state index contributed by atoms with van der Waals surface area (Å²) in [6.45, 7) is 9.31. The predicted octanol–water partition coefficient (Wildman–Crippen LogP) is 4.03. The maximum atomic E-state index is 12.4. The zero-order valence-corrected chi connectivity index (χ0v) is 12.4. The van der Waals surface area contributed by atoms with Crippen LogP contribution < -0.4 is 0 Å². The highest BCUT2D eigenvalue weighted by atomic mass is 35.5. The van der Waals surface area contributed by atoms with E-state index in [0.29, 0.717) is 11.1 Å². The van der Waals surface area contributed by atoms with Gasteiger partial charge in [0.2, 0.25) is 0 Å². The molecular formula is C15H22ClNO. The highest BCUT2D eigenvalue weighted by Gasteiger charge is 2.23. The van der Waals surface area contributed by atoms with Gasteiger partial charge in [-0.25, -0.2) is 0 Å². The van der Waals surface area contributed by atoms with Gasteiger partial charge in [0.15, 0.2) is 5.78 Å². The first-order valence-corrected chi connectivity index (χ1v) is 6.90. The molecule has 0 spiro atoms. The quantitative estimate of drug-likeness (QED) is 0.726. The lowest BCUT2D eigenvalue weighted by atomic mass is 10.0. The van der Waals surface area contributed by atoms with E-state index in [9.17, 15) is 4.79 Å². The standard InChI is InChI=1S/C15H22ClNO/c1-5-10-17(11(2)3)12(4)15(18)13-6-8-14(16)9-7-13/h6-9,11-12H,5,10H2,1-4H3. The summed E-state index contributed by atoms with van der Waals surface area (Å²) in [7, 11) is 0. The molecule has 0 aliphatic carbocycles. The van der Waals surface area contributed by atoms with Crippen LogP contribution in [0.2, 0.25) is 5.02 Å². The van der Waals surface area contributed by atoms with Gasteiger partial charge in [0.25, 0.3) is 0 Å². The van der Waals surface area contributed by atoms with E-state index in [1.54, 1.807) is 24.3 Å². The van der Waals surface area contributed by atoms with Crippen molar-refractivity contribution in [1.29, 1.82) is 0 Å². The van der Waals surface area contributed by atoms with Crippen molar-refractivity contribution < 1.29 is 4.79 Å². The Morgan fingerprint density at radius 1 is 1.22 bits per heavy atom. The molecule has 0 aliphatic heterocycles. The molecule has 0 radical (unpaired) electrons. The Kier molecular flexibility index (Phi) is 5.83. The van der Waals surface area contributed by atoms with Crippen molar-refractivity contribution in [3.63, 3.8) is 0 Å². The minimum Gasteiger partial charge on any atom is -0.292 e. The number of hydrogen-bond acceptors (Lipinski definition) is 2. The lowest BCUT2D eigenvalue weighted by Gasteiger charge is -2.31. The fourth-order valence-electron chi connectivity index (χ4n) is 2.16. The Morgan fingerprint density at radius 3 is 2.22 bits per heavy atom. The van der Waals surface area contributed by atoms with Crippen LogP contribution >= 0.6 is 11.6 Å². The molecule has 2 nitrogen and oxygen atoms in total. The van der Waals surface area contributed by atoms with Gasteiger partial charge in [-0.15, -0.1) is 0 Å². The average molecular weight is 268 g/mol. The highest BCUT2D eigenvalue weighted by molar-refractivity contribution is 6.30. The van der Waals surface area contributed by atoms with Crippen LogP contribution in [0.4, 0.5) is 0 Å². The van der Waals surface area contributed by atoms with Gasteiger partial charge in [0.05, 0.1) is 6.04 Å². The second-order valence-electron chi connectivity index (χ2n) is 4.88. The highest BCUT2D eigenvalue weighted by Crippen LogP contribution is 2.15. The van der Waals surface area contributed by atoms with Crippen LogP contribution in [-0.2, 0) is 0 Å². The number of halogens is 1. The van der Waals surface area contributed by atoms with Gasteiger partial charge in [-0.05, 0) is 58.0 Å². The monoisotopic (exact) mass is 267 g/mol. The van der Waals surface area contributed by atoms with Crippen LogP contribution in [0.5, 0.6) is 0 Å². The van der Waals surface area contributed by atoms with E-state index in [1.165, 1.54) is 0 Å². The molecule has 1 aromatic rings. The van der Waals surface area contributed by atoms with Crippen LogP contribution in [-0.4, -0.2) is 29.3 Å². The number of rotatable bonds is 6. The van der Waals surface area contributed by atoms with E-state index in [4.69, 9.17) is 11.6 Å². The fraction of sp³-hybridized carbons (Fsp3) is 0.533. The van der Waals surface area contributed by atoms with Crippen LogP contribution in [0.15, 0.2) is 24.3 Å². The normalized spacial score (nSPS) is 13.1. The molecule has 18 heavy (non-hydrogen) atoms. The molecule has 3 heteroatoms. The minimum atomic E-state index is -0.0916. The number of ketones is 1. The lowest BCUT2D eigenvalue weighted by molar-refractivity contribution is 0.0789. The van der Waals surface area contributed by atoms with E-state index >= 15 is 0 Å². The molecule has 0 amide bonds. The summed E-state index contributed by atoms with van der Waals surface area (Å²) in [5.41, 5.74) is 0.730. The number of nitrogens with zero attached hydrogens (tertiary/aromatic N) is 1. The van der Waals surface area contributed by atoms with Crippen LogP contribution in [0.25, 0.3) is 0 Å². The average Bonchev–Trinajstić information content (AvgIpc) is 2.35. The second-order valence-corrected chi connectivity index (χ2v) is 5.32. The number of hydrogen-bond donors (Lipinski definition) is 0. The smallest absolute Gasteiger partial charge is 0.179 e. The first-order valence-electron chi connectivity index (χ1n) is 6.52. The van der Waals surface area contributed by atoms with Gasteiger partial charge in [0, 0.05) is 16.6 Å². The first-order chi connectivity index (χ1) is 8.47. The Balaban J connectivity index is 2.84. The van der Waals surface area contributed by atoms with E-state index in [1.807, 2.05) is 6.92 Å². The van der Waals surface area contributed by atoms with Crippen LogP contribution in [0.3, 0.4) is 0 Å². The topological polar surface area (TPSA) is 20.3 Å². The molecule has 0 saturated carbocycles. The molecule has 0 bridgehead atoms. The van der Waals surface area contributed by atoms with Crippen molar-refractivity contribution in [1.82, 2.24) is 4.90 Å². The van der Waals surface area contributed by atoms with Gasteiger partial charge < -0.3 is 0 Å². The van der Waals surface area contributed by atoms with Crippen LogP contribution in [0, 0.1) is 0 Å². The van der Waals surface area contributed by atoms with E-state index in [0.717, 1.165) is 18.5 Å². The summed E-state index contributed by atoms with van der Waals surface area (Å²) in [6, 6.07) is 7.40. The van der Waals surface area contributed by atoms with Crippen molar-refractivity contribution in [3.05, 3.63) is 34.9 Å². The third-order valence-corrected chi connectivity index (χ3v) is 3.40. The molecule has 0 heterocycles. The minimum absolute atomic E-state index is 0.0916. The molecular weight excluding hydrogens is 246 g/mol. The summed E-state index contributed by atoms with van der Waals surface area (Å²) >= 11 is 5.84. The van der Waals surface area contributed by atoms with E-state index < -0.39 is 0 Å². The largest absolute Gasteiger partial charge is 0.292 e. The van der Waals surface area contributed by atoms with Gasteiger partial charge in [-0.2, -0.15) is 0 Å². The summed E-state index contributed by atoms with van der Waals surface area (Å²) in [6.07, 6.45) is 1.05. The zero-order valence-electron chi connectivity index (χ0n) is 11.6. The van der Waals surface area contributed by atoms with Gasteiger partial charge in [0.1, 0.15) is 0 Å². The molecule has 1 aromatic carbocycles. The maximum Gasteiger partial charge on any atom is 0.179 e. The van der Waals surface area contributed by atoms with Crippen molar-refractivity contribution >= 4 is 17.4 Å². The third kappa shape index (κ3) is 3.82. The molecule has 0 N–H and O–H groups in total. The van der Waals surface area contributed by atoms with E-state index in [-0.39, 0.29) is 11.8 Å². The van der Waals surface area contributed by atoms with Gasteiger partial charge in [-0.1, -0.05) is 18.5 Å². The fourth-order valence-corrected chi connectivity index (χ4v) is 2.29. The molecule has 100 valence electrons. The van der Waals surface area contributed by atoms with Crippen molar-refractivity contribution in [2.24, 2.45) is 0 Å². The van der Waals surface area contributed by atoms with Crippen molar-refractivity contribution in [2.45, 2.75) is 46.2 Å². The predicted molar refractivity (Wildman–Crippen MR) is 77.4 cm³/mol. The number of benzene rings is 1. The van der Waals surface area contributed by atoms with Crippen molar-refractivity contribution in [2.75, 3.05) is 6.54 Å². The van der Waals surface area contributed by atoms with Crippen LogP contribution in [0.1, 0.15) is 44.5 Å². The second kappa shape index (κ2) is 6.91. The van der Waals surface area contributed by atoms with Gasteiger partial charge >= 0.3 is 0 Å². The maximum absolute atomic E-state index is 12.4. The molecule has 1 unspecified atom stereocenters. The first kappa shape index (κ1) is 15.2. The molecule has 1 rings (SSSR count).